The van der Waals surface area contributed by atoms with E-state index in [1.165, 1.54) is 49.4 Å². The number of halogens is 2. The Labute approximate surface area is 207 Å². The predicted molar refractivity (Wildman–Crippen MR) is 128 cm³/mol. The highest BCUT2D eigenvalue weighted by Crippen LogP contribution is 2.45. The maximum Gasteiger partial charge on any atom is 0.251 e. The van der Waals surface area contributed by atoms with Crippen molar-refractivity contribution in [2.45, 2.75) is 24.9 Å². The van der Waals surface area contributed by atoms with Gasteiger partial charge in [0.2, 0.25) is 11.6 Å². The summed E-state index contributed by atoms with van der Waals surface area (Å²) in [6.07, 6.45) is 0. The molecule has 0 bridgehead atoms. The van der Waals surface area contributed by atoms with Gasteiger partial charge in [0.25, 0.3) is 5.91 Å². The summed E-state index contributed by atoms with van der Waals surface area (Å²) in [4.78, 5) is 32.4. The highest BCUT2D eigenvalue weighted by atomic mass is 19.1. The molecule has 3 aromatic rings. The van der Waals surface area contributed by atoms with Gasteiger partial charge in [0, 0.05) is 18.1 Å². The van der Waals surface area contributed by atoms with E-state index in [9.17, 15) is 23.5 Å². The summed E-state index contributed by atoms with van der Waals surface area (Å²) in [5, 5.41) is 13.8. The summed E-state index contributed by atoms with van der Waals surface area (Å²) in [6.45, 7) is 9.57. The summed E-state index contributed by atoms with van der Waals surface area (Å²) in [5.41, 5.74) is 3.73. The summed E-state index contributed by atoms with van der Waals surface area (Å²) < 4.78 is 33.2. The summed E-state index contributed by atoms with van der Waals surface area (Å²) in [5.74, 6) is -2.30. The van der Waals surface area contributed by atoms with Gasteiger partial charge in [0.15, 0.2) is 0 Å². The molecule has 1 aliphatic rings. The minimum Gasteiger partial charge on any atom is -0.489 e. The molecule has 0 fully saturated rings. The topological polar surface area (TPSA) is 119 Å². The molecule has 2 atom stereocenters. The van der Waals surface area contributed by atoms with Crippen molar-refractivity contribution in [3.05, 3.63) is 88.4 Å². The van der Waals surface area contributed by atoms with Crippen molar-refractivity contribution in [3.63, 3.8) is 0 Å². The molecule has 0 unspecified atom stereocenters. The number of nitrogens with two attached hydrogens (primary N) is 1. The number of nitrogens with one attached hydrogen (secondary N) is 1. The largest absolute Gasteiger partial charge is 0.489 e. The Bertz CT molecular complexity index is 1420. The van der Waals surface area contributed by atoms with E-state index in [1.54, 1.807) is 6.92 Å². The SMILES string of the molecule is [C-]#[N+]c1ccc(C(=O)NC[C@](C)(O)c2cc3c(c(-c4ccc(F)cc4)n2)OC[C@]3(C)C(N)=O)cc1F.[HH]. The second kappa shape index (κ2) is 9.02. The van der Waals surface area contributed by atoms with E-state index in [0.717, 1.165) is 6.07 Å². The molecular weight excluding hydrogens is 470 g/mol. The Balaban J connectivity index is 0.00000380. The Morgan fingerprint density at radius 1 is 1.28 bits per heavy atom. The van der Waals surface area contributed by atoms with Crippen LogP contribution in [-0.2, 0) is 15.8 Å². The number of hydrogen-bond acceptors (Lipinski definition) is 5. The number of ether oxygens (including phenoxy) is 1. The number of nitrogens with zero attached hydrogens (tertiary/aromatic N) is 2. The molecule has 0 saturated carbocycles. The third-order valence-electron chi connectivity index (χ3n) is 6.21. The molecule has 186 valence electrons. The Hall–Kier alpha value is -4.36. The molecular formula is C26H24F2N4O4. The first-order chi connectivity index (χ1) is 17.0. The monoisotopic (exact) mass is 494 g/mol. The molecule has 0 spiro atoms. The minimum atomic E-state index is -1.74. The van der Waals surface area contributed by atoms with E-state index in [0.29, 0.717) is 16.9 Å². The molecule has 36 heavy (non-hydrogen) atoms. The summed E-state index contributed by atoms with van der Waals surface area (Å²) in [6, 6.07) is 10.4. The zero-order chi connectivity index (χ0) is 26.3. The molecule has 4 N–H and O–H groups in total. The lowest BCUT2D eigenvalue weighted by Crippen LogP contribution is -2.41. The molecule has 1 aromatic heterocycles. The summed E-state index contributed by atoms with van der Waals surface area (Å²) >= 11 is 0. The molecule has 2 heterocycles. The van der Waals surface area contributed by atoms with Gasteiger partial charge in [-0.2, -0.15) is 0 Å². The zero-order valence-corrected chi connectivity index (χ0v) is 19.4. The second-order valence-electron chi connectivity index (χ2n) is 8.96. The van der Waals surface area contributed by atoms with E-state index >= 15 is 0 Å². The lowest BCUT2D eigenvalue weighted by molar-refractivity contribution is -0.123. The van der Waals surface area contributed by atoms with Crippen molar-refractivity contribution in [3.8, 4) is 17.0 Å². The molecule has 0 radical (unpaired) electrons. The van der Waals surface area contributed by atoms with Crippen molar-refractivity contribution in [2.75, 3.05) is 13.2 Å². The van der Waals surface area contributed by atoms with Gasteiger partial charge in [-0.3, -0.25) is 9.59 Å². The van der Waals surface area contributed by atoms with Crippen LogP contribution in [0.25, 0.3) is 16.1 Å². The van der Waals surface area contributed by atoms with Crippen LogP contribution < -0.4 is 15.8 Å². The molecule has 2 aromatic carbocycles. The normalized spacial score (nSPS) is 17.9. The average molecular weight is 494 g/mol. The fourth-order valence-electron chi connectivity index (χ4n) is 3.85. The van der Waals surface area contributed by atoms with Gasteiger partial charge in [-0.25, -0.2) is 18.6 Å². The molecule has 1 aliphatic heterocycles. The van der Waals surface area contributed by atoms with Crippen LogP contribution in [0.1, 0.15) is 36.9 Å². The van der Waals surface area contributed by atoms with E-state index in [4.69, 9.17) is 17.0 Å². The van der Waals surface area contributed by atoms with Crippen LogP contribution in [-0.4, -0.2) is 35.1 Å². The van der Waals surface area contributed by atoms with E-state index < -0.39 is 34.5 Å². The van der Waals surface area contributed by atoms with Gasteiger partial charge in [0.05, 0.1) is 18.8 Å². The Morgan fingerprint density at radius 3 is 2.58 bits per heavy atom. The number of benzene rings is 2. The van der Waals surface area contributed by atoms with Crippen LogP contribution in [0.15, 0.2) is 48.5 Å². The van der Waals surface area contributed by atoms with Gasteiger partial charge in [-0.1, -0.05) is 12.1 Å². The van der Waals surface area contributed by atoms with Crippen molar-refractivity contribution >= 4 is 17.5 Å². The smallest absolute Gasteiger partial charge is 0.251 e. The van der Waals surface area contributed by atoms with Crippen LogP contribution in [0.3, 0.4) is 0 Å². The number of rotatable bonds is 6. The number of carbonyl (C=O) groups excluding carboxylic acids is 2. The van der Waals surface area contributed by atoms with Crippen molar-refractivity contribution in [1.82, 2.24) is 10.3 Å². The number of aromatic nitrogens is 1. The molecule has 0 aliphatic carbocycles. The first-order valence-corrected chi connectivity index (χ1v) is 10.9. The van der Waals surface area contributed by atoms with Gasteiger partial charge in [0.1, 0.15) is 40.7 Å². The van der Waals surface area contributed by atoms with Crippen LogP contribution in [0, 0.1) is 18.2 Å². The Morgan fingerprint density at radius 2 is 1.97 bits per heavy atom. The fourth-order valence-corrected chi connectivity index (χ4v) is 3.85. The predicted octanol–water partition coefficient (Wildman–Crippen LogP) is 3.60. The van der Waals surface area contributed by atoms with Gasteiger partial charge >= 0.3 is 0 Å². The lowest BCUT2D eigenvalue weighted by Gasteiger charge is -2.26. The van der Waals surface area contributed by atoms with Crippen LogP contribution >= 0.6 is 0 Å². The molecule has 2 amide bonds. The summed E-state index contributed by atoms with van der Waals surface area (Å²) in [7, 11) is 0. The minimum absolute atomic E-state index is 0. The quantitative estimate of drug-likeness (QED) is 0.453. The third kappa shape index (κ3) is 4.36. The highest BCUT2D eigenvalue weighted by Gasteiger charge is 2.45. The van der Waals surface area contributed by atoms with Gasteiger partial charge < -0.3 is 20.9 Å². The third-order valence-corrected chi connectivity index (χ3v) is 6.21. The van der Waals surface area contributed by atoms with Crippen LogP contribution in [0.2, 0.25) is 0 Å². The van der Waals surface area contributed by atoms with Crippen molar-refractivity contribution in [1.29, 1.82) is 0 Å². The zero-order valence-electron chi connectivity index (χ0n) is 19.4. The number of amides is 2. The van der Waals surface area contributed by atoms with E-state index in [2.05, 4.69) is 15.1 Å². The first-order valence-electron chi connectivity index (χ1n) is 10.9. The van der Waals surface area contributed by atoms with E-state index in [-0.39, 0.29) is 37.2 Å². The fraction of sp³-hybridized carbons (Fsp3) is 0.231. The van der Waals surface area contributed by atoms with Crippen molar-refractivity contribution < 1.29 is 29.6 Å². The number of hydrogen-bond donors (Lipinski definition) is 3. The molecule has 0 saturated heterocycles. The lowest BCUT2D eigenvalue weighted by atomic mass is 9.82. The van der Waals surface area contributed by atoms with Gasteiger partial charge in [-0.15, -0.1) is 0 Å². The Kier molecular flexibility index (Phi) is 6.20. The highest BCUT2D eigenvalue weighted by molar-refractivity contribution is 5.94. The number of aliphatic hydroxyl groups is 1. The molecule has 8 nitrogen and oxygen atoms in total. The average Bonchev–Trinajstić information content (AvgIpc) is 3.20. The van der Waals surface area contributed by atoms with E-state index in [1.807, 2.05) is 0 Å². The number of pyridine rings is 1. The maximum absolute atomic E-state index is 13.9. The van der Waals surface area contributed by atoms with Crippen molar-refractivity contribution in [2.24, 2.45) is 5.73 Å². The number of fused-ring (bicyclic) bond motifs is 1. The first kappa shape index (κ1) is 24.8. The van der Waals surface area contributed by atoms with Crippen LogP contribution in [0.5, 0.6) is 5.75 Å². The molecule has 4 rings (SSSR count). The maximum atomic E-state index is 13.9. The standard InChI is InChI=1S/C26H22F2N4O4.H2/c1-25(24(29)34)13-36-22-17(25)11-20(32-21(22)14-4-7-16(27)8-5-14)26(2,35)12-31-23(33)15-6-9-19(30-3)18(28)10-15;/h4-11,35H,12-13H2,1-2H3,(H2,29,34)(H,31,33);1H/t25-,26-;/m0./s1. The van der Waals surface area contributed by atoms with Gasteiger partial charge in [-0.05, 0) is 50.2 Å². The molecule has 10 heteroatoms. The number of primary amides is 1. The number of carbonyl (C=O) groups is 2. The second-order valence-corrected chi connectivity index (χ2v) is 8.96. The van der Waals surface area contributed by atoms with Crippen LogP contribution in [0.4, 0.5) is 14.5 Å².